The van der Waals surface area contributed by atoms with Gasteiger partial charge < -0.3 is 5.73 Å². The number of nitrogens with zero attached hydrogens (tertiary/aromatic N) is 1. The summed E-state index contributed by atoms with van der Waals surface area (Å²) in [4.78, 5) is 10.6. The number of primary amides is 1. The molecule has 58 valence electrons. The standard InChI is InChI=1S/C7H9N3O/c1-5-2-3-6(8)10(4-5)7(9)11/h2-4,8H,1H3,(H2,9,11). The quantitative estimate of drug-likeness (QED) is 0.546. The van der Waals surface area contributed by atoms with Crippen molar-refractivity contribution in [3.8, 4) is 0 Å². The highest BCUT2D eigenvalue weighted by Crippen LogP contribution is 1.89. The molecule has 0 aromatic carbocycles. The van der Waals surface area contributed by atoms with Gasteiger partial charge in [-0.1, -0.05) is 6.07 Å². The van der Waals surface area contributed by atoms with Crippen molar-refractivity contribution in [2.24, 2.45) is 5.73 Å². The molecular weight excluding hydrogens is 142 g/mol. The highest BCUT2D eigenvalue weighted by atomic mass is 16.2. The van der Waals surface area contributed by atoms with Crippen molar-refractivity contribution in [3.05, 3.63) is 29.4 Å². The minimum absolute atomic E-state index is 0.100. The van der Waals surface area contributed by atoms with Crippen LogP contribution in [0.1, 0.15) is 5.56 Å². The summed E-state index contributed by atoms with van der Waals surface area (Å²) in [6.45, 7) is 1.83. The Hall–Kier alpha value is -1.58. The van der Waals surface area contributed by atoms with Gasteiger partial charge in [-0.3, -0.25) is 9.98 Å². The number of hydrogen-bond donors (Lipinski definition) is 2. The number of nitrogens with two attached hydrogens (primary N) is 1. The van der Waals surface area contributed by atoms with E-state index in [-0.39, 0.29) is 5.49 Å². The third kappa shape index (κ3) is 1.46. The maximum atomic E-state index is 10.6. The number of rotatable bonds is 0. The molecule has 3 N–H and O–H groups in total. The van der Waals surface area contributed by atoms with Crippen molar-refractivity contribution in [2.45, 2.75) is 6.92 Å². The molecule has 1 rings (SSSR count). The van der Waals surface area contributed by atoms with E-state index in [2.05, 4.69) is 0 Å². The molecule has 0 saturated carbocycles. The molecule has 1 heterocycles. The van der Waals surface area contributed by atoms with Gasteiger partial charge in [-0.15, -0.1) is 0 Å². The zero-order chi connectivity index (χ0) is 8.43. The highest BCUT2D eigenvalue weighted by Gasteiger charge is 1.96. The fourth-order valence-corrected chi connectivity index (χ4v) is 0.789. The summed E-state index contributed by atoms with van der Waals surface area (Å²) in [6.07, 6.45) is 1.53. The van der Waals surface area contributed by atoms with E-state index in [9.17, 15) is 4.79 Å². The smallest absolute Gasteiger partial charge is 0.324 e. The van der Waals surface area contributed by atoms with Crippen molar-refractivity contribution >= 4 is 6.03 Å². The normalized spacial score (nSPS) is 9.55. The summed E-state index contributed by atoms with van der Waals surface area (Å²) in [5.74, 6) is 0. The van der Waals surface area contributed by atoms with E-state index in [0.29, 0.717) is 0 Å². The Morgan fingerprint density at radius 2 is 2.27 bits per heavy atom. The number of pyridine rings is 1. The molecule has 1 aromatic heterocycles. The van der Waals surface area contributed by atoms with Crippen LogP contribution in [0.25, 0.3) is 0 Å². The predicted molar refractivity (Wildman–Crippen MR) is 40.0 cm³/mol. The van der Waals surface area contributed by atoms with Crippen LogP contribution >= 0.6 is 0 Å². The molecule has 4 heteroatoms. The second kappa shape index (κ2) is 2.57. The zero-order valence-corrected chi connectivity index (χ0v) is 6.16. The van der Waals surface area contributed by atoms with Crippen molar-refractivity contribution in [1.82, 2.24) is 4.57 Å². The second-order valence-corrected chi connectivity index (χ2v) is 2.30. The lowest BCUT2D eigenvalue weighted by atomic mass is 10.3. The van der Waals surface area contributed by atoms with Crippen LogP contribution in [0, 0.1) is 12.3 Å². The van der Waals surface area contributed by atoms with Gasteiger partial charge in [0.1, 0.15) is 5.49 Å². The van der Waals surface area contributed by atoms with Gasteiger partial charge in [-0.05, 0) is 18.6 Å². The first kappa shape index (κ1) is 7.53. The van der Waals surface area contributed by atoms with Crippen LogP contribution in [0.2, 0.25) is 0 Å². The monoisotopic (exact) mass is 151 g/mol. The molecule has 1 amide bonds. The molecule has 11 heavy (non-hydrogen) atoms. The van der Waals surface area contributed by atoms with Crippen molar-refractivity contribution in [1.29, 1.82) is 5.41 Å². The second-order valence-electron chi connectivity index (χ2n) is 2.30. The van der Waals surface area contributed by atoms with Gasteiger partial charge in [0.15, 0.2) is 0 Å². The van der Waals surface area contributed by atoms with Crippen molar-refractivity contribution in [2.75, 3.05) is 0 Å². The molecule has 0 aliphatic rings. The van der Waals surface area contributed by atoms with Crippen LogP contribution in [0.3, 0.4) is 0 Å². The lowest BCUT2D eigenvalue weighted by Gasteiger charge is -2.00. The Kier molecular flexibility index (Phi) is 1.76. The lowest BCUT2D eigenvalue weighted by Crippen LogP contribution is -2.30. The average Bonchev–Trinajstić information content (AvgIpc) is 1.94. The molecular formula is C7H9N3O. The molecule has 0 fully saturated rings. The number of aryl methyl sites for hydroxylation is 1. The fraction of sp³-hybridized carbons (Fsp3) is 0.143. The molecule has 0 aliphatic carbocycles. The molecule has 0 unspecified atom stereocenters. The van der Waals surface area contributed by atoms with Crippen LogP contribution in [0.15, 0.2) is 18.3 Å². The summed E-state index contributed by atoms with van der Waals surface area (Å²) in [7, 11) is 0. The number of aromatic nitrogens is 1. The Bertz CT molecular complexity index is 340. The average molecular weight is 151 g/mol. The van der Waals surface area contributed by atoms with E-state index in [1.807, 2.05) is 6.92 Å². The van der Waals surface area contributed by atoms with E-state index in [1.54, 1.807) is 6.07 Å². The zero-order valence-electron chi connectivity index (χ0n) is 6.16. The number of carbonyl (C=O) groups is 1. The van der Waals surface area contributed by atoms with Gasteiger partial charge in [0.25, 0.3) is 0 Å². The van der Waals surface area contributed by atoms with E-state index in [1.165, 1.54) is 12.3 Å². The molecule has 0 radical (unpaired) electrons. The molecule has 0 bridgehead atoms. The van der Waals surface area contributed by atoms with Gasteiger partial charge in [-0.2, -0.15) is 0 Å². The highest BCUT2D eigenvalue weighted by molar-refractivity contribution is 5.74. The maximum Gasteiger partial charge on any atom is 0.324 e. The van der Waals surface area contributed by atoms with Gasteiger partial charge >= 0.3 is 6.03 Å². The van der Waals surface area contributed by atoms with Crippen molar-refractivity contribution in [3.63, 3.8) is 0 Å². The third-order valence-electron chi connectivity index (χ3n) is 1.33. The summed E-state index contributed by atoms with van der Waals surface area (Å²) >= 11 is 0. The van der Waals surface area contributed by atoms with E-state index >= 15 is 0 Å². The molecule has 0 atom stereocenters. The first-order valence-electron chi connectivity index (χ1n) is 3.15. The van der Waals surface area contributed by atoms with Crippen LogP contribution in [-0.2, 0) is 0 Å². The van der Waals surface area contributed by atoms with Gasteiger partial charge in [0.2, 0.25) is 0 Å². The molecule has 0 saturated heterocycles. The Morgan fingerprint density at radius 1 is 1.64 bits per heavy atom. The Morgan fingerprint density at radius 3 is 2.73 bits per heavy atom. The van der Waals surface area contributed by atoms with Gasteiger partial charge in [0, 0.05) is 6.20 Å². The third-order valence-corrected chi connectivity index (χ3v) is 1.33. The minimum atomic E-state index is -0.626. The van der Waals surface area contributed by atoms with E-state index in [0.717, 1.165) is 10.1 Å². The van der Waals surface area contributed by atoms with Gasteiger partial charge in [0.05, 0.1) is 0 Å². The topological polar surface area (TPSA) is 71.9 Å². The SMILES string of the molecule is Cc1ccc(=N)n(C(N)=O)c1. The van der Waals surface area contributed by atoms with E-state index in [4.69, 9.17) is 11.1 Å². The Balaban J connectivity index is 3.35. The fourth-order valence-electron chi connectivity index (χ4n) is 0.789. The summed E-state index contributed by atoms with van der Waals surface area (Å²) in [5.41, 5.74) is 5.99. The number of nitrogens with one attached hydrogen (secondary N) is 1. The summed E-state index contributed by atoms with van der Waals surface area (Å²) in [6, 6.07) is 2.65. The van der Waals surface area contributed by atoms with Gasteiger partial charge in [-0.25, -0.2) is 4.79 Å². The predicted octanol–water partition coefficient (Wildman–Crippen LogP) is 0.203. The van der Waals surface area contributed by atoms with Crippen LogP contribution in [0.4, 0.5) is 4.79 Å². The van der Waals surface area contributed by atoms with Crippen LogP contribution in [-0.4, -0.2) is 10.6 Å². The van der Waals surface area contributed by atoms with Crippen molar-refractivity contribution < 1.29 is 4.79 Å². The summed E-state index contributed by atoms with van der Waals surface area (Å²) in [5, 5.41) is 7.26. The number of hydrogen-bond acceptors (Lipinski definition) is 2. The maximum absolute atomic E-state index is 10.6. The molecule has 1 aromatic rings. The molecule has 0 spiro atoms. The van der Waals surface area contributed by atoms with Crippen LogP contribution < -0.4 is 11.2 Å². The lowest BCUT2D eigenvalue weighted by molar-refractivity contribution is 0.249. The van der Waals surface area contributed by atoms with E-state index < -0.39 is 6.03 Å². The first-order chi connectivity index (χ1) is 5.11. The largest absolute Gasteiger partial charge is 0.351 e. The Labute approximate surface area is 63.8 Å². The minimum Gasteiger partial charge on any atom is -0.351 e. The first-order valence-corrected chi connectivity index (χ1v) is 3.15. The molecule has 4 nitrogen and oxygen atoms in total. The van der Waals surface area contributed by atoms with Crippen LogP contribution in [0.5, 0.6) is 0 Å². The molecule has 0 aliphatic heterocycles. The number of amides is 1. The summed E-state index contributed by atoms with van der Waals surface area (Å²) < 4.78 is 1.09. The number of carbonyl (C=O) groups excluding carboxylic acids is 1.